The van der Waals surface area contributed by atoms with Gasteiger partial charge in [0.05, 0.1) is 10.7 Å². The van der Waals surface area contributed by atoms with Crippen LogP contribution >= 0.6 is 27.5 Å². The summed E-state index contributed by atoms with van der Waals surface area (Å²) >= 11 is 9.74. The molecular formula is C14H21BrClNOSi. The molecule has 5 heteroatoms. The standard InChI is InChI=1S/C14H21BrClNOSi/c1-13(2,3)19(4,5)18-14(6-7-14)12-11(16)8-10(15)9-17-12/h8-9H,6-7H2,1-5H3. The van der Waals surface area contributed by atoms with Gasteiger partial charge in [0.1, 0.15) is 5.60 Å². The zero-order valence-corrected chi connectivity index (χ0v) is 15.5. The number of aromatic nitrogens is 1. The first-order chi connectivity index (χ1) is 8.57. The van der Waals surface area contributed by atoms with E-state index >= 15 is 0 Å². The largest absolute Gasteiger partial charge is 0.406 e. The van der Waals surface area contributed by atoms with E-state index < -0.39 is 8.32 Å². The number of rotatable bonds is 3. The van der Waals surface area contributed by atoms with E-state index in [1.807, 2.05) is 6.07 Å². The summed E-state index contributed by atoms with van der Waals surface area (Å²) in [6, 6.07) is 1.90. The Kier molecular flexibility index (Phi) is 3.94. The highest BCUT2D eigenvalue weighted by Crippen LogP contribution is 2.55. The maximum absolute atomic E-state index is 6.58. The summed E-state index contributed by atoms with van der Waals surface area (Å²) in [5, 5.41) is 0.898. The summed E-state index contributed by atoms with van der Waals surface area (Å²) in [5.41, 5.74) is 0.669. The Morgan fingerprint density at radius 2 is 1.95 bits per heavy atom. The zero-order valence-electron chi connectivity index (χ0n) is 12.2. The second kappa shape index (κ2) is 4.83. The van der Waals surface area contributed by atoms with Gasteiger partial charge in [-0.05, 0) is 53.0 Å². The van der Waals surface area contributed by atoms with E-state index in [-0.39, 0.29) is 10.6 Å². The number of pyridine rings is 1. The molecule has 0 aromatic carbocycles. The number of hydrogen-bond acceptors (Lipinski definition) is 2. The summed E-state index contributed by atoms with van der Waals surface area (Å²) in [4.78, 5) is 4.50. The molecule has 1 heterocycles. The molecule has 0 saturated heterocycles. The van der Waals surface area contributed by atoms with Gasteiger partial charge in [0.2, 0.25) is 0 Å². The second-order valence-electron chi connectivity index (χ2n) is 6.84. The van der Waals surface area contributed by atoms with Gasteiger partial charge >= 0.3 is 0 Å². The van der Waals surface area contributed by atoms with Gasteiger partial charge in [-0.25, -0.2) is 0 Å². The SMILES string of the molecule is CC(C)(C)[Si](C)(C)OC1(c2ncc(Br)cc2Cl)CC1. The minimum Gasteiger partial charge on any atom is -0.406 e. The fraction of sp³-hybridized carbons (Fsp3) is 0.643. The van der Waals surface area contributed by atoms with Crippen molar-refractivity contribution in [2.75, 3.05) is 0 Å². The van der Waals surface area contributed by atoms with Gasteiger partial charge in [0.15, 0.2) is 8.32 Å². The molecule has 0 bridgehead atoms. The quantitative estimate of drug-likeness (QED) is 0.661. The average molecular weight is 363 g/mol. The minimum absolute atomic E-state index is 0.199. The molecule has 0 amide bonds. The minimum atomic E-state index is -1.81. The van der Waals surface area contributed by atoms with E-state index in [2.05, 4.69) is 54.8 Å². The lowest BCUT2D eigenvalue weighted by atomic mass is 10.2. The number of hydrogen-bond donors (Lipinski definition) is 0. The highest BCUT2D eigenvalue weighted by molar-refractivity contribution is 9.10. The molecule has 106 valence electrons. The van der Waals surface area contributed by atoms with Crippen molar-refractivity contribution in [2.45, 2.75) is 57.3 Å². The molecule has 2 nitrogen and oxygen atoms in total. The Labute approximate surface area is 130 Å². The Hall–Kier alpha value is 0.0969. The van der Waals surface area contributed by atoms with Crippen LogP contribution in [0.5, 0.6) is 0 Å². The lowest BCUT2D eigenvalue weighted by molar-refractivity contribution is 0.154. The van der Waals surface area contributed by atoms with Crippen LogP contribution in [0.4, 0.5) is 0 Å². The second-order valence-corrected chi connectivity index (χ2v) is 12.9. The average Bonchev–Trinajstić information content (AvgIpc) is 2.95. The highest BCUT2D eigenvalue weighted by atomic mass is 79.9. The van der Waals surface area contributed by atoms with Crippen LogP contribution in [0.2, 0.25) is 23.2 Å². The van der Waals surface area contributed by atoms with Crippen LogP contribution in [0.25, 0.3) is 0 Å². The number of halogens is 2. The van der Waals surface area contributed by atoms with E-state index in [0.29, 0.717) is 5.02 Å². The fourth-order valence-corrected chi connectivity index (χ4v) is 4.28. The molecule has 1 aromatic heterocycles. The van der Waals surface area contributed by atoms with Crippen LogP contribution in [0, 0.1) is 0 Å². The maximum atomic E-state index is 6.58. The Morgan fingerprint density at radius 1 is 1.37 bits per heavy atom. The van der Waals surface area contributed by atoms with Crippen LogP contribution in [-0.4, -0.2) is 13.3 Å². The van der Waals surface area contributed by atoms with Crippen molar-refractivity contribution in [2.24, 2.45) is 0 Å². The van der Waals surface area contributed by atoms with Crippen molar-refractivity contribution in [1.82, 2.24) is 4.98 Å². The van der Waals surface area contributed by atoms with Crippen LogP contribution in [-0.2, 0) is 10.0 Å². The molecule has 0 radical (unpaired) electrons. The third kappa shape index (κ3) is 3.07. The molecule has 0 atom stereocenters. The molecular weight excluding hydrogens is 342 g/mol. The molecule has 1 aliphatic carbocycles. The molecule has 1 fully saturated rings. The van der Waals surface area contributed by atoms with Crippen molar-refractivity contribution < 1.29 is 4.43 Å². The lowest BCUT2D eigenvalue weighted by Crippen LogP contribution is -2.44. The van der Waals surface area contributed by atoms with Crippen molar-refractivity contribution in [3.05, 3.63) is 27.5 Å². The summed E-state index contributed by atoms with van der Waals surface area (Å²) in [6.45, 7) is 11.3. The van der Waals surface area contributed by atoms with Gasteiger partial charge < -0.3 is 4.43 Å². The third-order valence-electron chi connectivity index (χ3n) is 4.20. The summed E-state index contributed by atoms with van der Waals surface area (Å²) < 4.78 is 7.49. The van der Waals surface area contributed by atoms with E-state index in [1.54, 1.807) is 6.20 Å². The third-order valence-corrected chi connectivity index (χ3v) is 9.44. The molecule has 0 N–H and O–H groups in total. The van der Waals surface area contributed by atoms with E-state index in [9.17, 15) is 0 Å². The first kappa shape index (κ1) is 15.5. The van der Waals surface area contributed by atoms with Gasteiger partial charge in [-0.3, -0.25) is 4.98 Å². The van der Waals surface area contributed by atoms with E-state index in [0.717, 1.165) is 23.0 Å². The molecule has 19 heavy (non-hydrogen) atoms. The smallest absolute Gasteiger partial charge is 0.193 e. The number of nitrogens with zero attached hydrogens (tertiary/aromatic N) is 1. The summed E-state index contributed by atoms with van der Waals surface area (Å²) in [7, 11) is -1.81. The lowest BCUT2D eigenvalue weighted by Gasteiger charge is -2.39. The Balaban J connectivity index is 2.30. The van der Waals surface area contributed by atoms with Crippen LogP contribution < -0.4 is 0 Å². The Morgan fingerprint density at radius 3 is 2.37 bits per heavy atom. The summed E-state index contributed by atoms with van der Waals surface area (Å²) in [5.74, 6) is 0. The zero-order chi connectivity index (χ0) is 14.5. The van der Waals surface area contributed by atoms with Crippen LogP contribution in [0.3, 0.4) is 0 Å². The predicted octanol–water partition coefficient (Wildman–Crippen LogP) is 5.51. The molecule has 1 aliphatic rings. The van der Waals surface area contributed by atoms with Gasteiger partial charge in [0, 0.05) is 10.7 Å². The monoisotopic (exact) mass is 361 g/mol. The van der Waals surface area contributed by atoms with Crippen molar-refractivity contribution >= 4 is 35.8 Å². The molecule has 0 unspecified atom stereocenters. The highest BCUT2D eigenvalue weighted by Gasteiger charge is 2.54. The normalized spacial score (nSPS) is 18.5. The van der Waals surface area contributed by atoms with Crippen molar-refractivity contribution in [3.8, 4) is 0 Å². The molecule has 1 aromatic rings. The fourth-order valence-electron chi connectivity index (χ4n) is 1.89. The predicted molar refractivity (Wildman–Crippen MR) is 86.1 cm³/mol. The van der Waals surface area contributed by atoms with Crippen LogP contribution in [0.15, 0.2) is 16.7 Å². The Bertz CT molecular complexity index is 495. The van der Waals surface area contributed by atoms with Gasteiger partial charge in [0.25, 0.3) is 0 Å². The van der Waals surface area contributed by atoms with Gasteiger partial charge in [-0.1, -0.05) is 32.4 Å². The molecule has 0 aliphatic heterocycles. The molecule has 2 rings (SSSR count). The maximum Gasteiger partial charge on any atom is 0.193 e. The van der Waals surface area contributed by atoms with Crippen LogP contribution in [0.1, 0.15) is 39.3 Å². The van der Waals surface area contributed by atoms with Gasteiger partial charge in [-0.2, -0.15) is 0 Å². The molecule has 0 spiro atoms. The summed E-state index contributed by atoms with van der Waals surface area (Å²) in [6.07, 6.45) is 3.85. The van der Waals surface area contributed by atoms with Crippen molar-refractivity contribution in [1.29, 1.82) is 0 Å². The van der Waals surface area contributed by atoms with Crippen molar-refractivity contribution in [3.63, 3.8) is 0 Å². The topological polar surface area (TPSA) is 22.1 Å². The van der Waals surface area contributed by atoms with E-state index in [4.69, 9.17) is 16.0 Å². The first-order valence-electron chi connectivity index (χ1n) is 6.59. The van der Waals surface area contributed by atoms with Gasteiger partial charge in [-0.15, -0.1) is 0 Å². The van der Waals surface area contributed by atoms with E-state index in [1.165, 1.54) is 0 Å². The molecule has 1 saturated carbocycles. The first-order valence-corrected chi connectivity index (χ1v) is 10.7.